The van der Waals surface area contributed by atoms with Crippen molar-refractivity contribution in [1.29, 1.82) is 0 Å². The number of thiazole rings is 1. The predicted molar refractivity (Wildman–Crippen MR) is 211 cm³/mol. The number of carbonyl (C=O) groups is 5. The Morgan fingerprint density at radius 1 is 0.963 bits per heavy atom. The van der Waals surface area contributed by atoms with E-state index >= 15 is 0 Å². The van der Waals surface area contributed by atoms with Crippen molar-refractivity contribution in [2.45, 2.75) is 130 Å². The molecule has 1 aliphatic heterocycles. The van der Waals surface area contributed by atoms with Gasteiger partial charge in [-0.1, -0.05) is 85.2 Å². The molecule has 54 heavy (non-hydrogen) atoms. The van der Waals surface area contributed by atoms with Crippen LogP contribution >= 0.6 is 11.3 Å². The molecule has 1 fully saturated rings. The summed E-state index contributed by atoms with van der Waals surface area (Å²) in [6.07, 6.45) is 3.04. The number of amides is 3. The molecule has 2 heterocycles. The van der Waals surface area contributed by atoms with Crippen LogP contribution in [0.4, 0.5) is 0 Å². The van der Waals surface area contributed by atoms with E-state index in [1.807, 2.05) is 83.8 Å². The molecule has 0 aliphatic carbocycles. The summed E-state index contributed by atoms with van der Waals surface area (Å²) < 4.78 is 10.9. The van der Waals surface area contributed by atoms with E-state index in [1.54, 1.807) is 18.9 Å². The molecule has 0 unspecified atom stereocenters. The molecular weight excluding hydrogens is 707 g/mol. The Kier molecular flexibility index (Phi) is 17.1. The van der Waals surface area contributed by atoms with Gasteiger partial charge in [0.05, 0.1) is 19.1 Å². The molecule has 3 rings (SSSR count). The predicted octanol–water partition coefficient (Wildman–Crippen LogP) is 5.91. The van der Waals surface area contributed by atoms with Crippen LogP contribution in [0.25, 0.3) is 0 Å². The van der Waals surface area contributed by atoms with Gasteiger partial charge in [0.25, 0.3) is 5.91 Å². The first kappa shape index (κ1) is 44.6. The van der Waals surface area contributed by atoms with Gasteiger partial charge in [0.15, 0.2) is 6.10 Å². The fourth-order valence-electron chi connectivity index (χ4n) is 7.16. The van der Waals surface area contributed by atoms with E-state index in [-0.39, 0.29) is 65.6 Å². The van der Waals surface area contributed by atoms with Gasteiger partial charge in [0, 0.05) is 37.4 Å². The second-order valence-corrected chi connectivity index (χ2v) is 16.8. The van der Waals surface area contributed by atoms with Crippen LogP contribution in [0.1, 0.15) is 125 Å². The summed E-state index contributed by atoms with van der Waals surface area (Å²) >= 11 is 1.32. The number of methoxy groups -OCH3 is 1. The first-order valence-electron chi connectivity index (χ1n) is 19.3. The fraction of sp³-hybridized carbons (Fsp3) is 0.659. The number of hydrogen-bond acceptors (Lipinski definition) is 10. The summed E-state index contributed by atoms with van der Waals surface area (Å²) in [5.74, 6) is -2.33. The monoisotopic (exact) mass is 769 g/mol. The van der Waals surface area contributed by atoms with Crippen molar-refractivity contribution in [1.82, 2.24) is 25.4 Å². The van der Waals surface area contributed by atoms with Crippen LogP contribution in [0.15, 0.2) is 30.3 Å². The van der Waals surface area contributed by atoms with Crippen molar-refractivity contribution in [2.75, 3.05) is 27.7 Å². The normalized spacial score (nSPS) is 17.7. The average molecular weight is 770 g/mol. The van der Waals surface area contributed by atoms with Crippen molar-refractivity contribution in [2.24, 2.45) is 17.8 Å². The lowest BCUT2D eigenvalue weighted by molar-refractivity contribution is -0.149. The van der Waals surface area contributed by atoms with Crippen LogP contribution < -0.4 is 10.6 Å². The van der Waals surface area contributed by atoms with Crippen LogP contribution in [-0.4, -0.2) is 96.4 Å². The van der Waals surface area contributed by atoms with Crippen LogP contribution in [0.5, 0.6) is 0 Å². The second kappa shape index (κ2) is 20.7. The first-order valence-corrected chi connectivity index (χ1v) is 20.1. The zero-order chi connectivity index (χ0) is 40.3. The lowest BCUT2D eigenvalue weighted by Gasteiger charge is -2.37. The largest absolute Gasteiger partial charge is 0.469 e. The molecule has 3 amide bonds. The van der Waals surface area contributed by atoms with E-state index in [1.165, 1.54) is 25.4 Å². The minimum atomic E-state index is -0.836. The second-order valence-electron chi connectivity index (χ2n) is 15.8. The highest BCUT2D eigenvalue weighted by molar-refractivity contribution is 7.12. The Morgan fingerprint density at radius 2 is 1.63 bits per heavy atom. The topological polar surface area (TPSA) is 147 Å². The highest BCUT2D eigenvalue weighted by Gasteiger charge is 2.37. The molecule has 0 radical (unpaired) electrons. The van der Waals surface area contributed by atoms with E-state index < -0.39 is 30.1 Å². The van der Waals surface area contributed by atoms with Crippen LogP contribution in [-0.2, 0) is 35.1 Å². The molecule has 0 saturated carbocycles. The zero-order valence-corrected chi connectivity index (χ0v) is 35.0. The lowest BCUT2D eigenvalue weighted by Crippen LogP contribution is -2.57. The van der Waals surface area contributed by atoms with Gasteiger partial charge in [-0.05, 0) is 62.6 Å². The SMILES string of the molecule is COC(=O)[C@@H](C)C[C@H](Cc1ccccc1)NC(=O)c1nc([C@@H](C[C@H](C(C)C)N(C)C(=O)[C@@H](NC(=O)[C@H]2CCCCN2C)C(C)C)OC(C)=O)sc1C(C)C. The van der Waals surface area contributed by atoms with Crippen LogP contribution in [0, 0.1) is 17.8 Å². The number of likely N-dealkylation sites (N-methyl/N-ethyl adjacent to an activating group) is 2. The maximum absolute atomic E-state index is 14.2. The zero-order valence-electron chi connectivity index (χ0n) is 34.1. The number of nitrogens with one attached hydrogen (secondary N) is 2. The van der Waals surface area contributed by atoms with E-state index in [2.05, 4.69) is 10.6 Å². The number of rotatable bonds is 18. The molecule has 1 aromatic heterocycles. The number of benzene rings is 1. The number of ether oxygens (including phenoxy) is 2. The number of carbonyl (C=O) groups excluding carboxylic acids is 5. The number of piperidine rings is 1. The van der Waals surface area contributed by atoms with Crippen molar-refractivity contribution in [3.05, 3.63) is 51.5 Å². The van der Waals surface area contributed by atoms with Gasteiger partial charge in [-0.2, -0.15) is 0 Å². The number of likely N-dealkylation sites (tertiary alicyclic amines) is 1. The summed E-state index contributed by atoms with van der Waals surface area (Å²) in [6.45, 7) is 15.7. The standard InChI is InChI=1S/C41H63N5O7S/c1-24(2)32(46(10)40(50)34(25(3)4)43-37(48)31-19-15-16-20-45(31)9)23-33(53-28(8)47)39-44-35(36(54-39)26(5)6)38(49)42-30(21-27(7)41(51)52-11)22-29-17-13-12-14-18-29/h12-14,17-18,24-27,30-34H,15-16,19-23H2,1-11H3,(H,42,49)(H,43,48)/t27-,30+,31+,32+,33+,34-/m0/s1. The van der Waals surface area contributed by atoms with Gasteiger partial charge in [-0.25, -0.2) is 4.98 Å². The Bertz CT molecular complexity index is 1560. The summed E-state index contributed by atoms with van der Waals surface area (Å²) in [7, 11) is 5.03. The van der Waals surface area contributed by atoms with Gasteiger partial charge in [0.1, 0.15) is 16.7 Å². The molecule has 0 bridgehead atoms. The molecule has 12 nitrogen and oxygen atoms in total. The smallest absolute Gasteiger partial charge is 0.308 e. The fourth-order valence-corrected chi connectivity index (χ4v) is 8.27. The minimum Gasteiger partial charge on any atom is -0.469 e. The number of nitrogens with zero attached hydrogens (tertiary/aromatic N) is 3. The average Bonchev–Trinajstić information content (AvgIpc) is 3.58. The van der Waals surface area contributed by atoms with Crippen LogP contribution in [0.3, 0.4) is 0 Å². The third kappa shape index (κ3) is 12.3. The summed E-state index contributed by atoms with van der Waals surface area (Å²) in [4.78, 5) is 75.8. The van der Waals surface area contributed by atoms with E-state index in [0.717, 1.165) is 36.2 Å². The number of hydrogen-bond donors (Lipinski definition) is 2. The van der Waals surface area contributed by atoms with Gasteiger partial charge in [0.2, 0.25) is 11.8 Å². The molecule has 300 valence electrons. The minimum absolute atomic E-state index is 0.0483. The highest BCUT2D eigenvalue weighted by Crippen LogP contribution is 2.36. The molecule has 1 aliphatic rings. The third-order valence-corrected chi connectivity index (χ3v) is 11.7. The Balaban J connectivity index is 1.91. The maximum atomic E-state index is 14.2. The molecule has 0 spiro atoms. The molecule has 1 aromatic carbocycles. The highest BCUT2D eigenvalue weighted by atomic mass is 32.1. The third-order valence-electron chi connectivity index (χ3n) is 10.3. The molecule has 13 heteroatoms. The van der Waals surface area contributed by atoms with E-state index in [9.17, 15) is 24.0 Å². The molecule has 6 atom stereocenters. The van der Waals surface area contributed by atoms with Crippen LogP contribution in [0.2, 0.25) is 0 Å². The summed E-state index contributed by atoms with van der Waals surface area (Å²) in [6, 6.07) is 7.95. The lowest BCUT2D eigenvalue weighted by atomic mass is 9.94. The number of aromatic nitrogens is 1. The van der Waals surface area contributed by atoms with Gasteiger partial charge >= 0.3 is 11.9 Å². The first-order chi connectivity index (χ1) is 25.4. The molecular formula is C41H63N5O7S. The van der Waals surface area contributed by atoms with Crippen molar-refractivity contribution >= 4 is 41.0 Å². The van der Waals surface area contributed by atoms with E-state index in [4.69, 9.17) is 14.5 Å². The van der Waals surface area contributed by atoms with E-state index in [0.29, 0.717) is 17.8 Å². The Labute approximate surface area is 326 Å². The number of esters is 2. The van der Waals surface area contributed by atoms with Crippen molar-refractivity contribution < 1.29 is 33.4 Å². The molecule has 2 aromatic rings. The molecule has 2 N–H and O–H groups in total. The maximum Gasteiger partial charge on any atom is 0.308 e. The summed E-state index contributed by atoms with van der Waals surface area (Å²) in [5.41, 5.74) is 1.25. The Morgan fingerprint density at radius 3 is 2.19 bits per heavy atom. The Hall–Kier alpha value is -3.84. The van der Waals surface area contributed by atoms with Gasteiger partial charge in [-0.15, -0.1) is 11.3 Å². The van der Waals surface area contributed by atoms with Gasteiger partial charge < -0.3 is 25.0 Å². The molecule has 1 saturated heterocycles. The quantitative estimate of drug-likeness (QED) is 0.177. The summed E-state index contributed by atoms with van der Waals surface area (Å²) in [5, 5.41) is 6.65. The van der Waals surface area contributed by atoms with Crippen molar-refractivity contribution in [3.63, 3.8) is 0 Å². The van der Waals surface area contributed by atoms with Crippen molar-refractivity contribution in [3.8, 4) is 0 Å². The van der Waals surface area contributed by atoms with Gasteiger partial charge in [-0.3, -0.25) is 28.9 Å².